The average molecular weight is 191 g/mol. The molecular weight excluding hydrogens is 178 g/mol. The predicted octanol–water partition coefficient (Wildman–Crippen LogP) is 0.702. The Balaban J connectivity index is 2.19. The van der Waals surface area contributed by atoms with Gasteiger partial charge in [0.15, 0.2) is 0 Å². The first-order chi connectivity index (χ1) is 6.79. The van der Waals surface area contributed by atoms with Crippen LogP contribution in [0.4, 0.5) is 0 Å². The van der Waals surface area contributed by atoms with E-state index < -0.39 is 0 Å². The third-order valence-corrected chi connectivity index (χ3v) is 2.76. The molecule has 3 N–H and O–H groups in total. The zero-order valence-corrected chi connectivity index (χ0v) is 8.12. The molecule has 2 heterocycles. The van der Waals surface area contributed by atoms with Gasteiger partial charge in [0.2, 0.25) is 0 Å². The summed E-state index contributed by atoms with van der Waals surface area (Å²) in [6.07, 6.45) is 2.49. The van der Waals surface area contributed by atoms with Crippen LogP contribution >= 0.6 is 0 Å². The number of nitrogens with two attached hydrogens (primary N) is 1. The monoisotopic (exact) mass is 191 g/mol. The van der Waals surface area contributed by atoms with Crippen LogP contribution in [-0.4, -0.2) is 19.6 Å². The summed E-state index contributed by atoms with van der Waals surface area (Å²) >= 11 is 0. The minimum Gasteiger partial charge on any atom is -0.325 e. The first kappa shape index (κ1) is 7.99. The second-order valence-electron chi connectivity index (χ2n) is 3.87. The highest BCUT2D eigenvalue weighted by Gasteiger charge is 2.27. The van der Waals surface area contributed by atoms with Crippen LogP contribution in [0.5, 0.6) is 0 Å². The van der Waals surface area contributed by atoms with E-state index in [0.717, 1.165) is 23.0 Å². The molecule has 1 fully saturated rings. The fourth-order valence-electron chi connectivity index (χ4n) is 1.77. The molecule has 2 aromatic heterocycles. The van der Waals surface area contributed by atoms with Crippen molar-refractivity contribution >= 4 is 5.78 Å². The van der Waals surface area contributed by atoms with Crippen LogP contribution in [0.25, 0.3) is 5.78 Å². The summed E-state index contributed by atoms with van der Waals surface area (Å²) in [6, 6.07) is 0. The van der Waals surface area contributed by atoms with Crippen LogP contribution in [0.3, 0.4) is 0 Å². The number of aromatic amines is 1. The highest BCUT2D eigenvalue weighted by Crippen LogP contribution is 2.38. The molecule has 0 spiro atoms. The van der Waals surface area contributed by atoms with E-state index in [2.05, 4.69) is 15.1 Å². The molecular formula is C9H13N5. The zero-order valence-electron chi connectivity index (χ0n) is 8.12. The summed E-state index contributed by atoms with van der Waals surface area (Å²) in [6.45, 7) is 2.46. The summed E-state index contributed by atoms with van der Waals surface area (Å²) in [5.41, 5.74) is 7.65. The van der Waals surface area contributed by atoms with Crippen molar-refractivity contribution in [3.8, 4) is 0 Å². The van der Waals surface area contributed by atoms with E-state index in [-0.39, 0.29) is 0 Å². The van der Waals surface area contributed by atoms with Gasteiger partial charge in [0, 0.05) is 12.5 Å². The molecule has 0 bridgehead atoms. The highest BCUT2D eigenvalue weighted by atomic mass is 15.4. The number of hydrogen-bond acceptors (Lipinski definition) is 3. The summed E-state index contributed by atoms with van der Waals surface area (Å²) in [5, 5.41) is 3.26. The Bertz CT molecular complexity index is 477. The van der Waals surface area contributed by atoms with E-state index in [4.69, 9.17) is 5.73 Å². The predicted molar refractivity (Wildman–Crippen MR) is 51.9 cm³/mol. The lowest BCUT2D eigenvalue weighted by molar-refractivity contribution is 0.819. The van der Waals surface area contributed by atoms with Gasteiger partial charge in [0.05, 0.1) is 11.4 Å². The number of nitrogens with zero attached hydrogens (tertiary/aromatic N) is 3. The van der Waals surface area contributed by atoms with Gasteiger partial charge in [0.1, 0.15) is 5.82 Å². The smallest absolute Gasteiger partial charge is 0.251 e. The normalized spacial score (nSPS) is 16.7. The summed E-state index contributed by atoms with van der Waals surface area (Å²) in [5.74, 6) is 2.44. The summed E-state index contributed by atoms with van der Waals surface area (Å²) in [7, 11) is 0. The van der Waals surface area contributed by atoms with Gasteiger partial charge >= 0.3 is 0 Å². The molecule has 0 amide bonds. The van der Waals surface area contributed by atoms with E-state index in [1.54, 1.807) is 0 Å². The second-order valence-corrected chi connectivity index (χ2v) is 3.87. The SMILES string of the molecule is Cc1nc2nc(C3CC3)[nH]n2c1CN. The van der Waals surface area contributed by atoms with E-state index in [1.807, 2.05) is 11.4 Å². The van der Waals surface area contributed by atoms with Crippen LogP contribution < -0.4 is 5.73 Å². The number of aryl methyl sites for hydroxylation is 1. The fraction of sp³-hybridized carbons (Fsp3) is 0.556. The minimum absolute atomic E-state index is 0.499. The second kappa shape index (κ2) is 2.57. The maximum Gasteiger partial charge on any atom is 0.251 e. The molecule has 2 aromatic rings. The molecule has 5 heteroatoms. The lowest BCUT2D eigenvalue weighted by Crippen LogP contribution is -2.03. The van der Waals surface area contributed by atoms with Gasteiger partial charge in [-0.05, 0) is 19.8 Å². The Morgan fingerprint density at radius 3 is 2.93 bits per heavy atom. The Morgan fingerprint density at radius 1 is 1.50 bits per heavy atom. The van der Waals surface area contributed by atoms with Crippen molar-refractivity contribution in [2.75, 3.05) is 0 Å². The Hall–Kier alpha value is -1.36. The molecule has 0 unspecified atom stereocenters. The van der Waals surface area contributed by atoms with Crippen molar-refractivity contribution in [3.63, 3.8) is 0 Å². The van der Waals surface area contributed by atoms with Gasteiger partial charge in [-0.25, -0.2) is 9.50 Å². The van der Waals surface area contributed by atoms with E-state index in [0.29, 0.717) is 12.5 Å². The number of nitrogens with one attached hydrogen (secondary N) is 1. The molecule has 1 aliphatic rings. The van der Waals surface area contributed by atoms with Crippen LogP contribution in [0.15, 0.2) is 0 Å². The fourth-order valence-corrected chi connectivity index (χ4v) is 1.77. The highest BCUT2D eigenvalue weighted by molar-refractivity contribution is 5.35. The van der Waals surface area contributed by atoms with Gasteiger partial charge in [-0.3, -0.25) is 5.10 Å². The first-order valence-electron chi connectivity index (χ1n) is 4.93. The van der Waals surface area contributed by atoms with E-state index in [1.165, 1.54) is 12.8 Å². The van der Waals surface area contributed by atoms with Crippen LogP contribution in [0.1, 0.15) is 36.0 Å². The zero-order chi connectivity index (χ0) is 9.71. The van der Waals surface area contributed by atoms with Crippen molar-refractivity contribution in [2.24, 2.45) is 5.73 Å². The summed E-state index contributed by atoms with van der Waals surface area (Å²) < 4.78 is 1.91. The van der Waals surface area contributed by atoms with Crippen LogP contribution in [0.2, 0.25) is 0 Å². The minimum atomic E-state index is 0.499. The molecule has 74 valence electrons. The number of imidazole rings is 1. The van der Waals surface area contributed by atoms with Gasteiger partial charge in [-0.2, -0.15) is 4.98 Å². The Labute approximate surface area is 81.3 Å². The van der Waals surface area contributed by atoms with Gasteiger partial charge in [0.25, 0.3) is 5.78 Å². The van der Waals surface area contributed by atoms with Gasteiger partial charge in [-0.1, -0.05) is 0 Å². The topological polar surface area (TPSA) is 72.0 Å². The number of fused-ring (bicyclic) bond motifs is 1. The molecule has 5 nitrogen and oxygen atoms in total. The maximum absolute atomic E-state index is 5.65. The van der Waals surface area contributed by atoms with Crippen LogP contribution in [-0.2, 0) is 6.54 Å². The van der Waals surface area contributed by atoms with Gasteiger partial charge in [-0.15, -0.1) is 0 Å². The molecule has 1 saturated carbocycles. The van der Waals surface area contributed by atoms with Crippen LogP contribution in [0, 0.1) is 6.92 Å². The molecule has 14 heavy (non-hydrogen) atoms. The lowest BCUT2D eigenvalue weighted by atomic mass is 10.3. The maximum atomic E-state index is 5.65. The standard InChI is InChI=1S/C9H13N5/c1-5-7(4-10)14-9(11-5)12-8(13-14)6-2-3-6/h6H,2-4,10H2,1H3,(H,11,12,13). The van der Waals surface area contributed by atoms with Crippen molar-refractivity contribution in [1.82, 2.24) is 19.6 Å². The third kappa shape index (κ3) is 0.988. The Kier molecular flexibility index (Phi) is 1.47. The first-order valence-corrected chi connectivity index (χ1v) is 4.93. The molecule has 0 aliphatic heterocycles. The number of H-pyrrole nitrogens is 1. The summed E-state index contributed by atoms with van der Waals surface area (Å²) in [4.78, 5) is 8.80. The number of rotatable bonds is 2. The number of hydrogen-bond donors (Lipinski definition) is 2. The molecule has 1 aliphatic carbocycles. The van der Waals surface area contributed by atoms with E-state index >= 15 is 0 Å². The van der Waals surface area contributed by atoms with Crippen molar-refractivity contribution in [1.29, 1.82) is 0 Å². The third-order valence-electron chi connectivity index (χ3n) is 2.76. The largest absolute Gasteiger partial charge is 0.325 e. The van der Waals surface area contributed by atoms with Crippen molar-refractivity contribution in [2.45, 2.75) is 32.2 Å². The molecule has 3 rings (SSSR count). The quantitative estimate of drug-likeness (QED) is 0.734. The van der Waals surface area contributed by atoms with Crippen molar-refractivity contribution in [3.05, 3.63) is 17.2 Å². The Morgan fingerprint density at radius 2 is 2.29 bits per heavy atom. The molecule has 0 aromatic carbocycles. The average Bonchev–Trinajstić information content (AvgIpc) is 2.85. The van der Waals surface area contributed by atoms with Crippen molar-refractivity contribution < 1.29 is 0 Å². The number of aromatic nitrogens is 4. The van der Waals surface area contributed by atoms with Gasteiger partial charge < -0.3 is 5.73 Å². The molecule has 0 saturated heterocycles. The van der Waals surface area contributed by atoms with E-state index in [9.17, 15) is 0 Å². The lowest BCUT2D eigenvalue weighted by Gasteiger charge is -1.94. The molecule has 0 atom stereocenters. The molecule has 0 radical (unpaired) electrons.